The van der Waals surface area contributed by atoms with E-state index in [1.807, 2.05) is 30.3 Å². The molecule has 2 N–H and O–H groups in total. The minimum absolute atomic E-state index is 0.0560. The number of nitrogens with zero attached hydrogens (tertiary/aromatic N) is 1. The molecule has 0 spiro atoms. The molecule has 0 bridgehead atoms. The summed E-state index contributed by atoms with van der Waals surface area (Å²) in [4.78, 5) is 35.9. The van der Waals surface area contributed by atoms with Crippen LogP contribution in [0.2, 0.25) is 0 Å². The standard InChI is InChI=1S/C15H18N2O6/c18-13(17-6-7-22-10-12(17)14(19)20)8-16-15(21)23-9-11-4-2-1-3-5-11/h1-5,12H,6-10H2,(H,16,21)(H,19,20)/t12-/m0/s1. The largest absolute Gasteiger partial charge is 0.480 e. The van der Waals surface area contributed by atoms with Crippen molar-refractivity contribution in [2.45, 2.75) is 12.6 Å². The van der Waals surface area contributed by atoms with E-state index in [0.29, 0.717) is 0 Å². The Balaban J connectivity index is 1.76. The van der Waals surface area contributed by atoms with Crippen LogP contribution in [-0.2, 0) is 25.7 Å². The van der Waals surface area contributed by atoms with Crippen molar-refractivity contribution in [1.29, 1.82) is 0 Å². The van der Waals surface area contributed by atoms with Crippen LogP contribution in [0.25, 0.3) is 0 Å². The summed E-state index contributed by atoms with van der Waals surface area (Å²) in [7, 11) is 0. The number of hydrogen-bond acceptors (Lipinski definition) is 5. The van der Waals surface area contributed by atoms with E-state index in [2.05, 4.69) is 5.32 Å². The van der Waals surface area contributed by atoms with E-state index in [9.17, 15) is 14.4 Å². The van der Waals surface area contributed by atoms with E-state index in [-0.39, 0.29) is 32.9 Å². The first-order valence-corrected chi connectivity index (χ1v) is 7.12. The van der Waals surface area contributed by atoms with Crippen molar-refractivity contribution >= 4 is 18.0 Å². The van der Waals surface area contributed by atoms with Gasteiger partial charge in [-0.3, -0.25) is 4.79 Å². The molecule has 0 aliphatic carbocycles. The maximum Gasteiger partial charge on any atom is 0.407 e. The smallest absolute Gasteiger partial charge is 0.407 e. The fraction of sp³-hybridized carbons (Fsp3) is 0.400. The van der Waals surface area contributed by atoms with Crippen LogP contribution < -0.4 is 5.32 Å². The van der Waals surface area contributed by atoms with E-state index in [4.69, 9.17) is 14.6 Å². The zero-order chi connectivity index (χ0) is 16.7. The molecule has 1 aliphatic heterocycles. The van der Waals surface area contributed by atoms with Crippen molar-refractivity contribution in [2.75, 3.05) is 26.3 Å². The fourth-order valence-corrected chi connectivity index (χ4v) is 2.13. The van der Waals surface area contributed by atoms with Crippen LogP contribution >= 0.6 is 0 Å². The van der Waals surface area contributed by atoms with Crippen molar-refractivity contribution in [3.05, 3.63) is 35.9 Å². The summed E-state index contributed by atoms with van der Waals surface area (Å²) in [5.41, 5.74) is 0.827. The van der Waals surface area contributed by atoms with Gasteiger partial charge in [-0.25, -0.2) is 9.59 Å². The predicted octanol–water partition coefficient (Wildman–Crippen LogP) is 0.225. The van der Waals surface area contributed by atoms with Gasteiger partial charge in [0.1, 0.15) is 13.2 Å². The number of amides is 2. The minimum Gasteiger partial charge on any atom is -0.480 e. The van der Waals surface area contributed by atoms with Gasteiger partial charge in [-0.1, -0.05) is 30.3 Å². The summed E-state index contributed by atoms with van der Waals surface area (Å²) in [6.45, 7) is 0.164. The Labute approximate surface area is 133 Å². The monoisotopic (exact) mass is 322 g/mol. The summed E-state index contributed by atoms with van der Waals surface area (Å²) in [6.07, 6.45) is -0.734. The van der Waals surface area contributed by atoms with Crippen LogP contribution in [0, 0.1) is 0 Å². The van der Waals surface area contributed by atoms with Crippen molar-refractivity contribution in [3.8, 4) is 0 Å². The maximum atomic E-state index is 12.0. The quantitative estimate of drug-likeness (QED) is 0.804. The molecule has 1 fully saturated rings. The Morgan fingerprint density at radius 1 is 1.30 bits per heavy atom. The number of benzene rings is 1. The Hall–Kier alpha value is -2.61. The lowest BCUT2D eigenvalue weighted by Crippen LogP contribution is -2.55. The Morgan fingerprint density at radius 2 is 2.04 bits per heavy atom. The number of carbonyl (C=O) groups excluding carboxylic acids is 2. The minimum atomic E-state index is -1.13. The highest BCUT2D eigenvalue weighted by Gasteiger charge is 2.32. The van der Waals surface area contributed by atoms with E-state index in [1.54, 1.807) is 0 Å². The molecule has 1 aliphatic rings. The third-order valence-corrected chi connectivity index (χ3v) is 3.33. The Morgan fingerprint density at radius 3 is 2.74 bits per heavy atom. The lowest BCUT2D eigenvalue weighted by molar-refractivity contribution is -0.157. The number of hydrogen-bond donors (Lipinski definition) is 2. The molecule has 0 aromatic heterocycles. The summed E-state index contributed by atoms with van der Waals surface area (Å²) in [5, 5.41) is 11.4. The second-order valence-electron chi connectivity index (χ2n) is 4.93. The molecular formula is C15H18N2O6. The van der Waals surface area contributed by atoms with Crippen molar-refractivity contribution in [2.24, 2.45) is 0 Å². The number of alkyl carbamates (subject to hydrolysis) is 1. The molecule has 1 aromatic rings. The number of ether oxygens (including phenoxy) is 2. The van der Waals surface area contributed by atoms with Gasteiger partial charge in [-0.2, -0.15) is 0 Å². The number of rotatable bonds is 5. The lowest BCUT2D eigenvalue weighted by atomic mass is 10.2. The summed E-state index contributed by atoms with van der Waals surface area (Å²) >= 11 is 0. The topological polar surface area (TPSA) is 105 Å². The van der Waals surface area contributed by atoms with Crippen LogP contribution in [0.1, 0.15) is 5.56 Å². The van der Waals surface area contributed by atoms with Crippen molar-refractivity contribution in [1.82, 2.24) is 10.2 Å². The second kappa shape index (κ2) is 8.14. The molecule has 23 heavy (non-hydrogen) atoms. The van der Waals surface area contributed by atoms with Gasteiger partial charge in [-0.15, -0.1) is 0 Å². The highest BCUT2D eigenvalue weighted by molar-refractivity contribution is 5.87. The lowest BCUT2D eigenvalue weighted by Gasteiger charge is -2.32. The fourth-order valence-electron chi connectivity index (χ4n) is 2.13. The van der Waals surface area contributed by atoms with Gasteiger partial charge in [0.2, 0.25) is 5.91 Å². The highest BCUT2D eigenvalue weighted by atomic mass is 16.5. The van der Waals surface area contributed by atoms with Crippen LogP contribution in [0.5, 0.6) is 0 Å². The van der Waals surface area contributed by atoms with Gasteiger partial charge in [0.05, 0.1) is 13.2 Å². The molecule has 8 heteroatoms. The van der Waals surface area contributed by atoms with E-state index < -0.39 is 24.0 Å². The van der Waals surface area contributed by atoms with Gasteiger partial charge in [0, 0.05) is 6.54 Å². The van der Waals surface area contributed by atoms with Crippen molar-refractivity contribution in [3.63, 3.8) is 0 Å². The first kappa shape index (κ1) is 16.8. The summed E-state index contributed by atoms with van der Waals surface area (Å²) in [5.74, 6) is -1.62. The van der Waals surface area contributed by atoms with Crippen LogP contribution in [-0.4, -0.2) is 60.3 Å². The number of carboxylic acid groups (broad SMARTS) is 1. The molecule has 2 rings (SSSR count). The van der Waals surface area contributed by atoms with Gasteiger partial charge < -0.3 is 24.8 Å². The van der Waals surface area contributed by atoms with Crippen molar-refractivity contribution < 1.29 is 29.0 Å². The van der Waals surface area contributed by atoms with Gasteiger partial charge in [0.25, 0.3) is 0 Å². The number of nitrogens with one attached hydrogen (secondary N) is 1. The SMILES string of the molecule is O=C(NCC(=O)N1CCOC[C@H]1C(=O)O)OCc1ccccc1. The summed E-state index contributed by atoms with van der Waals surface area (Å²) < 4.78 is 10.0. The van der Waals surface area contributed by atoms with Gasteiger partial charge >= 0.3 is 12.1 Å². The van der Waals surface area contributed by atoms with Crippen LogP contribution in [0.15, 0.2) is 30.3 Å². The first-order valence-electron chi connectivity index (χ1n) is 7.12. The number of morpholine rings is 1. The van der Waals surface area contributed by atoms with Gasteiger partial charge in [-0.05, 0) is 5.56 Å². The second-order valence-corrected chi connectivity index (χ2v) is 4.93. The molecule has 1 aromatic carbocycles. The normalized spacial score (nSPS) is 17.4. The zero-order valence-corrected chi connectivity index (χ0v) is 12.4. The number of aliphatic carboxylic acids is 1. The molecule has 1 atom stereocenters. The first-order chi connectivity index (χ1) is 11.1. The molecule has 0 radical (unpaired) electrons. The van der Waals surface area contributed by atoms with Crippen LogP contribution in [0.3, 0.4) is 0 Å². The molecule has 0 saturated carbocycles. The molecule has 124 valence electrons. The number of carboxylic acids is 1. The molecule has 1 saturated heterocycles. The van der Waals surface area contributed by atoms with E-state index >= 15 is 0 Å². The van der Waals surface area contributed by atoms with E-state index in [1.165, 1.54) is 4.90 Å². The Kier molecular flexibility index (Phi) is 5.93. The molecule has 0 unspecified atom stereocenters. The highest BCUT2D eigenvalue weighted by Crippen LogP contribution is 2.07. The van der Waals surface area contributed by atoms with Crippen LogP contribution in [0.4, 0.5) is 4.79 Å². The predicted molar refractivity (Wildman–Crippen MR) is 78.6 cm³/mol. The third kappa shape index (κ3) is 4.96. The third-order valence-electron chi connectivity index (χ3n) is 3.33. The molecular weight excluding hydrogens is 304 g/mol. The summed E-state index contributed by atoms with van der Waals surface area (Å²) in [6, 6.07) is 8.09. The van der Waals surface area contributed by atoms with E-state index in [0.717, 1.165) is 5.56 Å². The maximum absolute atomic E-state index is 12.0. The average Bonchev–Trinajstić information content (AvgIpc) is 2.58. The number of carbonyl (C=O) groups is 3. The Bertz CT molecular complexity index is 562. The average molecular weight is 322 g/mol. The molecule has 1 heterocycles. The molecule has 8 nitrogen and oxygen atoms in total. The molecule has 2 amide bonds. The zero-order valence-electron chi connectivity index (χ0n) is 12.4. The van der Waals surface area contributed by atoms with Gasteiger partial charge in [0.15, 0.2) is 6.04 Å².